The van der Waals surface area contributed by atoms with Crippen LogP contribution >= 0.6 is 12.4 Å². The summed E-state index contributed by atoms with van der Waals surface area (Å²) >= 11 is 0. The Morgan fingerprint density at radius 3 is 1.87 bits per heavy atom. The van der Waals surface area contributed by atoms with Crippen LogP contribution in [0, 0.1) is 0 Å². The van der Waals surface area contributed by atoms with E-state index in [-0.39, 0.29) is 12.4 Å². The molecule has 4 nitrogen and oxygen atoms in total. The zero-order valence-corrected chi connectivity index (χ0v) is 17.9. The minimum Gasteiger partial charge on any atom is -0.489 e. The molecule has 0 aliphatic carbocycles. The van der Waals surface area contributed by atoms with E-state index < -0.39 is 0 Å². The molecular weight excluding hydrogens is 408 g/mol. The van der Waals surface area contributed by atoms with E-state index in [1.807, 2.05) is 97.2 Å². The van der Waals surface area contributed by atoms with Crippen molar-refractivity contribution in [1.29, 1.82) is 0 Å². The lowest BCUT2D eigenvalue weighted by Gasteiger charge is -2.13. The van der Waals surface area contributed by atoms with Gasteiger partial charge in [-0.15, -0.1) is 12.4 Å². The third-order valence-corrected chi connectivity index (χ3v) is 4.82. The first kappa shape index (κ1) is 22.3. The first-order valence-electron chi connectivity index (χ1n) is 9.95. The van der Waals surface area contributed by atoms with Crippen molar-refractivity contribution in [2.75, 3.05) is 0 Å². The molecule has 0 bridgehead atoms. The van der Waals surface area contributed by atoms with Crippen molar-refractivity contribution in [1.82, 2.24) is 4.98 Å². The molecule has 0 aliphatic heterocycles. The van der Waals surface area contributed by atoms with E-state index in [1.54, 1.807) is 0 Å². The molecular formula is C26H25ClN2O2. The van der Waals surface area contributed by atoms with Gasteiger partial charge in [0.05, 0.1) is 0 Å². The molecule has 1 aromatic heterocycles. The fourth-order valence-corrected chi connectivity index (χ4v) is 3.14. The van der Waals surface area contributed by atoms with E-state index in [9.17, 15) is 0 Å². The molecule has 0 saturated carbocycles. The van der Waals surface area contributed by atoms with Crippen LogP contribution in [0.1, 0.15) is 16.7 Å². The molecule has 4 aromatic rings. The second-order valence-electron chi connectivity index (χ2n) is 6.96. The molecule has 0 spiro atoms. The predicted molar refractivity (Wildman–Crippen MR) is 126 cm³/mol. The van der Waals surface area contributed by atoms with Gasteiger partial charge in [-0.3, -0.25) is 0 Å². The number of nitrogens with zero attached hydrogens (tertiary/aromatic N) is 1. The van der Waals surface area contributed by atoms with Gasteiger partial charge < -0.3 is 15.2 Å². The lowest BCUT2D eigenvalue weighted by Crippen LogP contribution is -2.03. The Balaban J connectivity index is 0.00000272. The van der Waals surface area contributed by atoms with Gasteiger partial charge in [-0.05, 0) is 28.8 Å². The molecule has 0 atom stereocenters. The van der Waals surface area contributed by atoms with E-state index >= 15 is 0 Å². The fraction of sp³-hybridized carbons (Fsp3) is 0.115. The number of halogens is 1. The van der Waals surface area contributed by atoms with Crippen molar-refractivity contribution >= 4 is 12.4 Å². The van der Waals surface area contributed by atoms with Gasteiger partial charge in [0.1, 0.15) is 19.0 Å². The summed E-state index contributed by atoms with van der Waals surface area (Å²) in [5, 5.41) is 0. The largest absolute Gasteiger partial charge is 0.489 e. The summed E-state index contributed by atoms with van der Waals surface area (Å²) in [6, 6.07) is 30.1. The standard InChI is InChI=1S/C26H24N2O2.ClH/c27-16-23-12-11-22(15-25(23)29-18-20-7-3-1-4-8-20)24-13-14-26(28-17-24)30-19-21-9-5-2-6-10-21;/h1-15,17H,16,18-19,27H2;1H. The summed E-state index contributed by atoms with van der Waals surface area (Å²) in [4.78, 5) is 4.45. The van der Waals surface area contributed by atoms with E-state index in [0.29, 0.717) is 25.6 Å². The minimum absolute atomic E-state index is 0. The molecule has 0 saturated heterocycles. The zero-order chi connectivity index (χ0) is 20.6. The molecule has 0 radical (unpaired) electrons. The highest BCUT2D eigenvalue weighted by Gasteiger charge is 2.08. The predicted octanol–water partition coefficient (Wildman–Crippen LogP) is 5.79. The molecule has 158 valence electrons. The smallest absolute Gasteiger partial charge is 0.213 e. The lowest BCUT2D eigenvalue weighted by atomic mass is 10.0. The summed E-state index contributed by atoms with van der Waals surface area (Å²) in [5.41, 5.74) is 11.1. The highest BCUT2D eigenvalue weighted by atomic mass is 35.5. The van der Waals surface area contributed by atoms with Crippen molar-refractivity contribution in [3.8, 4) is 22.8 Å². The molecule has 31 heavy (non-hydrogen) atoms. The second-order valence-corrected chi connectivity index (χ2v) is 6.96. The topological polar surface area (TPSA) is 57.4 Å². The number of aromatic nitrogens is 1. The Bertz CT molecular complexity index is 1070. The Hall–Kier alpha value is -3.34. The number of nitrogens with two attached hydrogens (primary N) is 1. The molecule has 0 unspecified atom stereocenters. The average Bonchev–Trinajstić information content (AvgIpc) is 2.83. The summed E-state index contributed by atoms with van der Waals surface area (Å²) in [7, 11) is 0. The number of hydrogen-bond acceptors (Lipinski definition) is 4. The van der Waals surface area contributed by atoms with Crippen molar-refractivity contribution in [2.45, 2.75) is 19.8 Å². The molecule has 1 heterocycles. The Morgan fingerprint density at radius 1 is 0.677 bits per heavy atom. The van der Waals surface area contributed by atoms with E-state index in [0.717, 1.165) is 33.6 Å². The number of pyridine rings is 1. The maximum absolute atomic E-state index is 6.06. The summed E-state index contributed by atoms with van der Waals surface area (Å²) in [5.74, 6) is 1.39. The van der Waals surface area contributed by atoms with Crippen molar-refractivity contribution in [3.63, 3.8) is 0 Å². The number of rotatable bonds is 8. The van der Waals surface area contributed by atoms with Gasteiger partial charge in [0.15, 0.2) is 0 Å². The van der Waals surface area contributed by atoms with E-state index in [2.05, 4.69) is 4.98 Å². The van der Waals surface area contributed by atoms with Crippen LogP contribution in [0.5, 0.6) is 11.6 Å². The average molecular weight is 433 g/mol. The van der Waals surface area contributed by atoms with E-state index in [4.69, 9.17) is 15.2 Å². The Kier molecular flexibility index (Phi) is 8.05. The lowest BCUT2D eigenvalue weighted by molar-refractivity contribution is 0.294. The minimum atomic E-state index is 0. The Labute approximate surface area is 189 Å². The highest BCUT2D eigenvalue weighted by molar-refractivity contribution is 5.85. The quantitative estimate of drug-likeness (QED) is 0.383. The molecule has 3 aromatic carbocycles. The Morgan fingerprint density at radius 2 is 1.29 bits per heavy atom. The van der Waals surface area contributed by atoms with Gasteiger partial charge in [0, 0.05) is 29.9 Å². The van der Waals surface area contributed by atoms with Crippen molar-refractivity contribution < 1.29 is 9.47 Å². The van der Waals surface area contributed by atoms with Crippen LogP contribution in [0.15, 0.2) is 97.2 Å². The summed E-state index contributed by atoms with van der Waals surface area (Å²) in [6.07, 6.45) is 1.82. The van der Waals surface area contributed by atoms with Crippen LogP contribution in [0.25, 0.3) is 11.1 Å². The van der Waals surface area contributed by atoms with Crippen LogP contribution in [-0.2, 0) is 19.8 Å². The highest BCUT2D eigenvalue weighted by Crippen LogP contribution is 2.28. The zero-order valence-electron chi connectivity index (χ0n) is 17.1. The second kappa shape index (κ2) is 11.2. The van der Waals surface area contributed by atoms with Crippen LogP contribution in [0.2, 0.25) is 0 Å². The van der Waals surface area contributed by atoms with E-state index in [1.165, 1.54) is 0 Å². The summed E-state index contributed by atoms with van der Waals surface area (Å²) < 4.78 is 11.8. The maximum atomic E-state index is 6.06. The first-order chi connectivity index (χ1) is 14.8. The molecule has 0 aliphatic rings. The third kappa shape index (κ3) is 6.07. The van der Waals surface area contributed by atoms with Crippen LogP contribution in [0.3, 0.4) is 0 Å². The molecule has 4 rings (SSSR count). The van der Waals surface area contributed by atoms with Gasteiger partial charge in [-0.25, -0.2) is 4.98 Å². The first-order valence-corrected chi connectivity index (χ1v) is 9.95. The monoisotopic (exact) mass is 432 g/mol. The summed E-state index contributed by atoms with van der Waals surface area (Å²) in [6.45, 7) is 1.42. The SMILES string of the molecule is Cl.NCc1ccc(-c2ccc(OCc3ccccc3)nc2)cc1OCc1ccccc1. The molecule has 0 amide bonds. The van der Waals surface area contributed by atoms with Gasteiger partial charge >= 0.3 is 0 Å². The number of benzene rings is 3. The van der Waals surface area contributed by atoms with Crippen molar-refractivity contribution in [2.24, 2.45) is 5.73 Å². The van der Waals surface area contributed by atoms with Crippen LogP contribution in [0.4, 0.5) is 0 Å². The van der Waals surface area contributed by atoms with Crippen LogP contribution < -0.4 is 15.2 Å². The molecule has 2 N–H and O–H groups in total. The number of hydrogen-bond donors (Lipinski definition) is 1. The molecule has 0 fully saturated rings. The van der Waals surface area contributed by atoms with Gasteiger partial charge in [0.25, 0.3) is 0 Å². The van der Waals surface area contributed by atoms with Crippen molar-refractivity contribution in [3.05, 3.63) is 114 Å². The number of ether oxygens (including phenoxy) is 2. The maximum Gasteiger partial charge on any atom is 0.213 e. The molecule has 5 heteroatoms. The van der Waals surface area contributed by atoms with Gasteiger partial charge in [0.2, 0.25) is 5.88 Å². The van der Waals surface area contributed by atoms with Crippen LogP contribution in [-0.4, -0.2) is 4.98 Å². The normalized spacial score (nSPS) is 10.2. The van der Waals surface area contributed by atoms with Gasteiger partial charge in [-0.1, -0.05) is 72.8 Å². The third-order valence-electron chi connectivity index (χ3n) is 4.82. The van der Waals surface area contributed by atoms with Gasteiger partial charge in [-0.2, -0.15) is 0 Å². The fourth-order valence-electron chi connectivity index (χ4n) is 3.14.